The molecule has 1 amide bonds. The number of aromatic nitrogens is 1. The molecule has 2 fully saturated rings. The average molecular weight is 444 g/mol. The van der Waals surface area contributed by atoms with Crippen LogP contribution < -0.4 is 0 Å². The molecule has 1 heterocycles. The molecule has 2 aliphatic rings. The second-order valence-corrected chi connectivity index (χ2v) is 10.9. The van der Waals surface area contributed by atoms with Gasteiger partial charge in [0.05, 0.1) is 18.0 Å². The van der Waals surface area contributed by atoms with Gasteiger partial charge in [-0.2, -0.15) is 4.31 Å². The van der Waals surface area contributed by atoms with Crippen LogP contribution in [0.3, 0.4) is 0 Å². The fourth-order valence-corrected chi connectivity index (χ4v) is 6.13. The lowest BCUT2D eigenvalue weighted by molar-refractivity contribution is -0.133. The molecule has 7 heteroatoms. The van der Waals surface area contributed by atoms with Gasteiger partial charge in [-0.05, 0) is 56.9 Å². The number of hydrogen-bond acceptors (Lipinski definition) is 3. The highest BCUT2D eigenvalue weighted by atomic mass is 32.2. The first kappa shape index (κ1) is 22.1. The van der Waals surface area contributed by atoms with Crippen molar-refractivity contribution in [1.29, 1.82) is 0 Å². The van der Waals surface area contributed by atoms with Crippen molar-refractivity contribution in [2.24, 2.45) is 7.05 Å². The number of aryl methyl sites for hydroxylation is 2. The monoisotopic (exact) mass is 443 g/mol. The molecule has 0 N–H and O–H groups in total. The Kier molecular flexibility index (Phi) is 6.53. The maximum atomic E-state index is 13.6. The second kappa shape index (κ2) is 9.17. The number of hydrogen-bond donors (Lipinski definition) is 0. The predicted molar refractivity (Wildman–Crippen MR) is 121 cm³/mol. The molecular formula is C24H33N3O3S. The summed E-state index contributed by atoms with van der Waals surface area (Å²) in [5, 5.41) is 0. The van der Waals surface area contributed by atoms with Crippen LogP contribution in [0.5, 0.6) is 0 Å². The van der Waals surface area contributed by atoms with Crippen molar-refractivity contribution in [3.63, 3.8) is 0 Å². The summed E-state index contributed by atoms with van der Waals surface area (Å²) in [4.78, 5) is 15.6. The third kappa shape index (κ3) is 5.04. The van der Waals surface area contributed by atoms with E-state index in [1.807, 2.05) is 53.9 Å². The van der Waals surface area contributed by atoms with Crippen molar-refractivity contribution >= 4 is 15.9 Å². The van der Waals surface area contributed by atoms with Gasteiger partial charge >= 0.3 is 0 Å². The van der Waals surface area contributed by atoms with E-state index in [4.69, 9.17) is 0 Å². The fraction of sp³-hybridized carbons (Fsp3) is 0.542. The van der Waals surface area contributed by atoms with Crippen LogP contribution in [-0.4, -0.2) is 46.7 Å². The second-order valence-electron chi connectivity index (χ2n) is 9.02. The van der Waals surface area contributed by atoms with Gasteiger partial charge in [-0.25, -0.2) is 8.42 Å². The zero-order valence-corrected chi connectivity index (χ0v) is 19.4. The molecule has 1 aromatic carbocycles. The zero-order valence-electron chi connectivity index (χ0n) is 18.5. The highest BCUT2D eigenvalue weighted by molar-refractivity contribution is 7.89. The molecule has 6 nitrogen and oxygen atoms in total. The molecule has 2 aliphatic carbocycles. The third-order valence-electron chi connectivity index (χ3n) is 6.59. The number of amides is 1. The van der Waals surface area contributed by atoms with E-state index in [1.54, 1.807) is 12.1 Å². The fourth-order valence-electron chi connectivity index (χ4n) is 4.49. The molecule has 2 aromatic rings. The lowest BCUT2D eigenvalue weighted by Gasteiger charge is -2.34. The van der Waals surface area contributed by atoms with Gasteiger partial charge in [-0.15, -0.1) is 0 Å². The minimum Gasteiger partial charge on any atom is -0.353 e. The quantitative estimate of drug-likeness (QED) is 0.623. The third-order valence-corrected chi connectivity index (χ3v) is 8.50. The van der Waals surface area contributed by atoms with Gasteiger partial charge in [0.1, 0.15) is 0 Å². The Hall–Kier alpha value is -2.12. The zero-order chi connectivity index (χ0) is 22.0. The van der Waals surface area contributed by atoms with Crippen LogP contribution in [0.4, 0.5) is 0 Å². The van der Waals surface area contributed by atoms with E-state index in [9.17, 15) is 13.2 Å². The Balaban J connectivity index is 1.59. The smallest absolute Gasteiger partial charge is 0.243 e. The van der Waals surface area contributed by atoms with Crippen LogP contribution in [-0.2, 0) is 28.4 Å². The summed E-state index contributed by atoms with van der Waals surface area (Å²) in [7, 11) is -1.77. The van der Waals surface area contributed by atoms with Crippen molar-refractivity contribution < 1.29 is 13.2 Å². The first-order chi connectivity index (χ1) is 14.9. The van der Waals surface area contributed by atoms with Gasteiger partial charge in [0.25, 0.3) is 0 Å². The molecule has 0 unspecified atom stereocenters. The number of rotatable bonds is 8. The highest BCUT2D eigenvalue weighted by Crippen LogP contribution is 2.31. The van der Waals surface area contributed by atoms with E-state index in [-0.39, 0.29) is 29.4 Å². The molecule has 4 rings (SSSR count). The van der Waals surface area contributed by atoms with E-state index in [1.165, 1.54) is 4.31 Å². The van der Waals surface area contributed by atoms with Gasteiger partial charge in [-0.3, -0.25) is 4.79 Å². The van der Waals surface area contributed by atoms with Gasteiger partial charge in [0.15, 0.2) is 0 Å². The van der Waals surface area contributed by atoms with E-state index >= 15 is 0 Å². The first-order valence-electron chi connectivity index (χ1n) is 11.3. The van der Waals surface area contributed by atoms with Gasteiger partial charge < -0.3 is 9.47 Å². The van der Waals surface area contributed by atoms with Crippen LogP contribution in [0.25, 0.3) is 0 Å². The van der Waals surface area contributed by atoms with E-state index in [0.717, 1.165) is 56.2 Å². The Labute approximate surface area is 185 Å². The lowest BCUT2D eigenvalue weighted by atomic mass is 9.95. The molecule has 1 aromatic heterocycles. The molecule has 0 aliphatic heterocycles. The summed E-state index contributed by atoms with van der Waals surface area (Å²) < 4.78 is 30.7. The summed E-state index contributed by atoms with van der Waals surface area (Å²) in [6.07, 6.45) is 8.74. The van der Waals surface area contributed by atoms with Crippen molar-refractivity contribution in [3.8, 4) is 0 Å². The van der Waals surface area contributed by atoms with Crippen LogP contribution in [0, 0.1) is 6.92 Å². The topological polar surface area (TPSA) is 62.6 Å². The minimum absolute atomic E-state index is 0.0815. The Morgan fingerprint density at radius 1 is 1.00 bits per heavy atom. The maximum absolute atomic E-state index is 13.6. The Morgan fingerprint density at radius 3 is 2.26 bits per heavy atom. The number of carbonyl (C=O) groups is 1. The lowest BCUT2D eigenvalue weighted by Crippen LogP contribution is -2.48. The average Bonchev–Trinajstić information content (AvgIpc) is 3.52. The highest BCUT2D eigenvalue weighted by Gasteiger charge is 2.38. The summed E-state index contributed by atoms with van der Waals surface area (Å²) in [5.41, 5.74) is 2.08. The number of carbonyl (C=O) groups excluding carboxylic acids is 1. The normalized spacial score (nSPS) is 17.8. The van der Waals surface area contributed by atoms with Crippen molar-refractivity contribution in [2.75, 3.05) is 6.54 Å². The predicted octanol–water partition coefficient (Wildman–Crippen LogP) is 3.85. The van der Waals surface area contributed by atoms with Crippen LogP contribution >= 0.6 is 0 Å². The van der Waals surface area contributed by atoms with Gasteiger partial charge in [0.2, 0.25) is 15.9 Å². The molecule has 31 heavy (non-hydrogen) atoms. The molecule has 168 valence electrons. The molecule has 2 saturated carbocycles. The van der Waals surface area contributed by atoms with Crippen LogP contribution in [0.2, 0.25) is 0 Å². The molecule has 0 spiro atoms. The summed E-state index contributed by atoms with van der Waals surface area (Å²) in [6, 6.07) is 11.1. The van der Waals surface area contributed by atoms with Crippen molar-refractivity contribution in [1.82, 2.24) is 13.8 Å². The number of sulfonamides is 1. The maximum Gasteiger partial charge on any atom is 0.243 e. The Bertz CT molecular complexity index is 1000. The SMILES string of the molecule is Cc1ccc(S(=O)(=O)N(CC(=O)N(Cc2cccn2C)C2CC2)C2CCCCC2)cc1. The summed E-state index contributed by atoms with van der Waals surface area (Å²) >= 11 is 0. The summed E-state index contributed by atoms with van der Waals surface area (Å²) in [6.45, 7) is 2.38. The van der Waals surface area contributed by atoms with Gasteiger partial charge in [0, 0.05) is 31.0 Å². The first-order valence-corrected chi connectivity index (χ1v) is 12.8. The van der Waals surface area contributed by atoms with Gasteiger partial charge in [-0.1, -0.05) is 37.0 Å². The van der Waals surface area contributed by atoms with E-state index in [0.29, 0.717) is 6.54 Å². The Morgan fingerprint density at radius 2 is 1.68 bits per heavy atom. The molecule has 0 bridgehead atoms. The van der Waals surface area contributed by atoms with Crippen molar-refractivity contribution in [3.05, 3.63) is 53.9 Å². The van der Waals surface area contributed by atoms with Crippen LogP contribution in [0.1, 0.15) is 56.2 Å². The van der Waals surface area contributed by atoms with Crippen molar-refractivity contribution in [2.45, 2.75) is 75.4 Å². The molecular weight excluding hydrogens is 410 g/mol. The number of benzene rings is 1. The summed E-state index contributed by atoms with van der Waals surface area (Å²) in [5.74, 6) is -0.0926. The van der Waals surface area contributed by atoms with E-state index < -0.39 is 10.0 Å². The molecule has 0 radical (unpaired) electrons. The minimum atomic E-state index is -3.74. The number of nitrogens with zero attached hydrogens (tertiary/aromatic N) is 3. The standard InChI is InChI=1S/C24H33N3O3S/c1-19-10-14-23(15-11-19)31(29,30)27(21-7-4-3-5-8-21)18-24(28)26(20-12-13-20)17-22-9-6-16-25(22)2/h6,9-11,14-16,20-21H,3-5,7-8,12-13,17-18H2,1-2H3. The molecule has 0 saturated heterocycles. The largest absolute Gasteiger partial charge is 0.353 e. The van der Waals surface area contributed by atoms with E-state index in [2.05, 4.69) is 0 Å². The van der Waals surface area contributed by atoms with Crippen LogP contribution in [0.15, 0.2) is 47.5 Å². The molecule has 0 atom stereocenters.